The van der Waals surface area contributed by atoms with Crippen molar-refractivity contribution in [3.63, 3.8) is 0 Å². The Morgan fingerprint density at radius 3 is 0.697 bits per heavy atom. The van der Waals surface area contributed by atoms with Crippen LogP contribution in [0.15, 0.2) is 0 Å². The molecule has 0 aromatic heterocycles. The van der Waals surface area contributed by atoms with E-state index < -0.39 is 97.5 Å². The molecule has 0 saturated heterocycles. The number of esters is 4. The number of hydrogen-bond acceptors (Lipinski definition) is 15. The zero-order valence-corrected chi connectivity index (χ0v) is 73.7. The largest absolute Gasteiger partial charge is 0.472 e. The fourth-order valence-corrected chi connectivity index (χ4v) is 15.7. The lowest BCUT2D eigenvalue weighted by Crippen LogP contribution is -2.30. The smallest absolute Gasteiger partial charge is 0.462 e. The van der Waals surface area contributed by atoms with Crippen LogP contribution in [0.25, 0.3) is 0 Å². The van der Waals surface area contributed by atoms with Gasteiger partial charge in [-0.25, -0.2) is 9.13 Å². The van der Waals surface area contributed by atoms with Gasteiger partial charge >= 0.3 is 39.5 Å². The highest BCUT2D eigenvalue weighted by Gasteiger charge is 2.31. The predicted octanol–water partition coefficient (Wildman–Crippen LogP) is 27.8. The first kappa shape index (κ1) is 107. The Morgan fingerprint density at radius 1 is 0.266 bits per heavy atom. The third-order valence-corrected chi connectivity index (χ3v) is 23.5. The summed E-state index contributed by atoms with van der Waals surface area (Å²) in [5.41, 5.74) is 0. The lowest BCUT2D eigenvalue weighted by atomic mass is 9.99. The van der Waals surface area contributed by atoms with Crippen LogP contribution in [0.3, 0.4) is 0 Å². The Bertz CT molecular complexity index is 2080. The van der Waals surface area contributed by atoms with Crippen molar-refractivity contribution in [1.29, 1.82) is 0 Å². The molecular weight excluding hydrogens is 1410 g/mol. The van der Waals surface area contributed by atoms with Crippen LogP contribution < -0.4 is 0 Å². The van der Waals surface area contributed by atoms with Crippen LogP contribution in [0.1, 0.15) is 485 Å². The third kappa shape index (κ3) is 82.4. The van der Waals surface area contributed by atoms with Crippen molar-refractivity contribution in [3.05, 3.63) is 0 Å². The summed E-state index contributed by atoms with van der Waals surface area (Å²) in [6.45, 7) is 9.78. The Kier molecular flexibility index (Phi) is 79.8. The van der Waals surface area contributed by atoms with E-state index in [1.807, 2.05) is 0 Å². The lowest BCUT2D eigenvalue weighted by molar-refractivity contribution is -0.161. The van der Waals surface area contributed by atoms with Gasteiger partial charge in [0, 0.05) is 25.7 Å². The molecule has 3 unspecified atom stereocenters. The standard InChI is InChI=1S/C90H176O17P2/c1-7-10-12-14-16-18-20-22-23-24-25-26-27-28-29-38-44-50-56-62-68-74-89(94)106-86(79-101-88(93)73-67-61-55-49-43-37-33-31-36-41-47-53-59-65-71-83(6)9-3)81-105-109(98,99)103-77-84(91)76-102-108(96,97)104-80-85(78-100-87(92)72-66-60-54-48-42-34-21-19-17-15-13-11-8-2)107-90(95)75-69-63-57-51-45-39-32-30-35-40-46-52-58-64-70-82(4)5/h82-86,91H,7-81H2,1-6H3,(H,96,97)(H,98,99)/t83?,84-,85+,86+/m0/s1. The van der Waals surface area contributed by atoms with Crippen LogP contribution in [0.5, 0.6) is 0 Å². The molecule has 0 fully saturated rings. The molecule has 19 heteroatoms. The molecule has 0 aliphatic carbocycles. The number of hydrogen-bond donors (Lipinski definition) is 3. The topological polar surface area (TPSA) is 237 Å². The van der Waals surface area contributed by atoms with Crippen molar-refractivity contribution < 1.29 is 80.2 Å². The number of phosphoric ester groups is 2. The van der Waals surface area contributed by atoms with Gasteiger partial charge in [0.1, 0.15) is 19.3 Å². The van der Waals surface area contributed by atoms with E-state index in [1.165, 1.54) is 302 Å². The second-order valence-electron chi connectivity index (χ2n) is 33.1. The summed E-state index contributed by atoms with van der Waals surface area (Å²) in [4.78, 5) is 73.4. The first-order valence-electron chi connectivity index (χ1n) is 46.5. The van der Waals surface area contributed by atoms with Crippen LogP contribution in [0, 0.1) is 11.8 Å². The molecule has 648 valence electrons. The van der Waals surface area contributed by atoms with Gasteiger partial charge in [-0.05, 0) is 37.5 Å². The van der Waals surface area contributed by atoms with Crippen molar-refractivity contribution in [1.82, 2.24) is 0 Å². The van der Waals surface area contributed by atoms with Gasteiger partial charge in [0.2, 0.25) is 0 Å². The first-order valence-corrected chi connectivity index (χ1v) is 49.5. The molecule has 0 aromatic rings. The molecule has 3 N–H and O–H groups in total. The molecule has 0 amide bonds. The van der Waals surface area contributed by atoms with Gasteiger partial charge in [0.15, 0.2) is 12.2 Å². The van der Waals surface area contributed by atoms with Crippen LogP contribution in [-0.2, 0) is 65.4 Å². The van der Waals surface area contributed by atoms with E-state index in [9.17, 15) is 43.2 Å². The average Bonchev–Trinajstić information content (AvgIpc) is 0.899. The molecule has 0 aliphatic rings. The maximum absolute atomic E-state index is 13.2. The third-order valence-electron chi connectivity index (χ3n) is 21.6. The SMILES string of the molecule is CCCCCCCCCCCCCCCCCCCCCCCC(=O)O[C@H](COC(=O)CCCCCCCCCCCCCCCCC(C)CC)COP(=O)(O)OC[C@@H](O)COP(=O)(O)OC[C@@H](COC(=O)CCCCCCCCCCCCCCC)OC(=O)CCCCCCCCCCCCCCCCC(C)C. The summed E-state index contributed by atoms with van der Waals surface area (Å²) in [6, 6.07) is 0. The van der Waals surface area contributed by atoms with E-state index in [-0.39, 0.29) is 25.7 Å². The fourth-order valence-electron chi connectivity index (χ4n) is 14.1. The highest BCUT2D eigenvalue weighted by Crippen LogP contribution is 2.45. The summed E-state index contributed by atoms with van der Waals surface area (Å²) in [7, 11) is -9.94. The molecule has 0 saturated carbocycles. The Balaban J connectivity index is 5.26. The molecular formula is C90H176O17P2. The van der Waals surface area contributed by atoms with Gasteiger partial charge in [0.25, 0.3) is 0 Å². The normalized spacial score (nSPS) is 14.0. The molecule has 0 rings (SSSR count). The minimum atomic E-state index is -4.97. The van der Waals surface area contributed by atoms with Crippen LogP contribution in [-0.4, -0.2) is 96.7 Å². The van der Waals surface area contributed by atoms with Crippen molar-refractivity contribution >= 4 is 39.5 Å². The van der Waals surface area contributed by atoms with Gasteiger partial charge in [-0.3, -0.25) is 37.3 Å². The Labute approximate surface area is 670 Å². The summed E-state index contributed by atoms with van der Waals surface area (Å²) in [5, 5.41) is 10.7. The molecule has 0 heterocycles. The number of aliphatic hydroxyl groups excluding tert-OH is 1. The number of ether oxygens (including phenoxy) is 4. The van der Waals surface area contributed by atoms with E-state index in [0.29, 0.717) is 25.7 Å². The molecule has 6 atom stereocenters. The molecule has 0 spiro atoms. The first-order chi connectivity index (χ1) is 52.9. The Hall–Kier alpha value is -1.94. The summed E-state index contributed by atoms with van der Waals surface area (Å²) >= 11 is 0. The zero-order chi connectivity index (χ0) is 79.9. The molecule has 0 radical (unpaired) electrons. The highest BCUT2D eigenvalue weighted by atomic mass is 31.2. The monoisotopic (exact) mass is 1590 g/mol. The molecule has 0 aliphatic heterocycles. The van der Waals surface area contributed by atoms with E-state index in [0.717, 1.165) is 102 Å². The van der Waals surface area contributed by atoms with Crippen LogP contribution >= 0.6 is 15.6 Å². The van der Waals surface area contributed by atoms with E-state index >= 15 is 0 Å². The number of carbonyl (C=O) groups excluding carboxylic acids is 4. The molecule has 109 heavy (non-hydrogen) atoms. The van der Waals surface area contributed by atoms with Gasteiger partial charge in [-0.15, -0.1) is 0 Å². The maximum atomic E-state index is 13.2. The quantitative estimate of drug-likeness (QED) is 0.0222. The van der Waals surface area contributed by atoms with Crippen LogP contribution in [0.4, 0.5) is 0 Å². The predicted molar refractivity (Wildman–Crippen MR) is 451 cm³/mol. The van der Waals surface area contributed by atoms with E-state index in [1.54, 1.807) is 0 Å². The highest BCUT2D eigenvalue weighted by molar-refractivity contribution is 7.47. The number of phosphoric acid groups is 2. The van der Waals surface area contributed by atoms with Crippen molar-refractivity contribution in [3.8, 4) is 0 Å². The van der Waals surface area contributed by atoms with Gasteiger partial charge < -0.3 is 33.8 Å². The molecule has 17 nitrogen and oxygen atoms in total. The number of carbonyl (C=O) groups is 4. The van der Waals surface area contributed by atoms with Gasteiger partial charge in [-0.1, -0.05) is 433 Å². The molecule has 0 bridgehead atoms. The summed E-state index contributed by atoms with van der Waals surface area (Å²) < 4.78 is 69.1. The minimum Gasteiger partial charge on any atom is -0.462 e. The summed E-state index contributed by atoms with van der Waals surface area (Å²) in [5.74, 6) is -0.450. The zero-order valence-electron chi connectivity index (χ0n) is 71.9. The van der Waals surface area contributed by atoms with Crippen LogP contribution in [0.2, 0.25) is 0 Å². The van der Waals surface area contributed by atoms with E-state index in [2.05, 4.69) is 41.5 Å². The van der Waals surface area contributed by atoms with Gasteiger partial charge in [0.05, 0.1) is 26.4 Å². The maximum Gasteiger partial charge on any atom is 0.472 e. The lowest BCUT2D eigenvalue weighted by Gasteiger charge is -2.21. The second-order valence-corrected chi connectivity index (χ2v) is 36.0. The number of aliphatic hydroxyl groups is 1. The number of rotatable bonds is 89. The van der Waals surface area contributed by atoms with Crippen molar-refractivity contribution in [2.24, 2.45) is 11.8 Å². The minimum absolute atomic E-state index is 0.108. The summed E-state index contributed by atoms with van der Waals surface area (Å²) in [6.07, 6.45) is 74.9. The van der Waals surface area contributed by atoms with Gasteiger partial charge in [-0.2, -0.15) is 0 Å². The van der Waals surface area contributed by atoms with Crippen molar-refractivity contribution in [2.75, 3.05) is 39.6 Å². The number of unbranched alkanes of at least 4 members (excludes halogenated alkanes) is 58. The average molecular weight is 1590 g/mol. The fraction of sp³-hybridized carbons (Fsp3) is 0.956. The van der Waals surface area contributed by atoms with E-state index in [4.69, 9.17) is 37.0 Å². The molecule has 0 aromatic carbocycles. The Morgan fingerprint density at radius 2 is 0.468 bits per heavy atom. The van der Waals surface area contributed by atoms with Crippen molar-refractivity contribution in [2.45, 2.75) is 503 Å². The second kappa shape index (κ2) is 81.2.